The maximum Gasteiger partial charge on any atom is 0.326 e. The number of hydrogen-bond acceptors (Lipinski definition) is 2. The van der Waals surface area contributed by atoms with Gasteiger partial charge in [-0.2, -0.15) is 0 Å². The van der Waals surface area contributed by atoms with Gasteiger partial charge in [-0.25, -0.2) is 9.59 Å². The number of hydrogen-bond donors (Lipinski definition) is 3. The molecule has 1 rings (SSSR count). The molecule has 0 heterocycles. The summed E-state index contributed by atoms with van der Waals surface area (Å²) in [7, 11) is 0. The molecule has 0 spiro atoms. The third-order valence-electron chi connectivity index (χ3n) is 2.30. The van der Waals surface area contributed by atoms with Gasteiger partial charge in [0.2, 0.25) is 0 Å². The molecule has 0 saturated heterocycles. The van der Waals surface area contributed by atoms with Crippen LogP contribution in [0, 0.1) is 0 Å². The molecule has 1 aromatic rings. The second kappa shape index (κ2) is 6.98. The fourth-order valence-corrected chi connectivity index (χ4v) is 2.10. The summed E-state index contributed by atoms with van der Waals surface area (Å²) in [6.07, 6.45) is 0.275. The zero-order chi connectivity index (χ0) is 14.6. The molecule has 8 heteroatoms. The summed E-state index contributed by atoms with van der Waals surface area (Å²) in [4.78, 5) is 22.4. The van der Waals surface area contributed by atoms with Crippen LogP contribution in [0.3, 0.4) is 0 Å². The van der Waals surface area contributed by atoms with Crippen molar-refractivity contribution in [2.45, 2.75) is 19.4 Å². The fraction of sp³-hybridized carbons (Fsp3) is 0.273. The Morgan fingerprint density at radius 3 is 2.53 bits per heavy atom. The molecule has 5 nitrogen and oxygen atoms in total. The molecule has 1 atom stereocenters. The van der Waals surface area contributed by atoms with E-state index in [0.29, 0.717) is 10.2 Å². The minimum absolute atomic E-state index is 0.176. The molecular weight excluding hydrogens is 359 g/mol. The molecule has 0 aliphatic carbocycles. The summed E-state index contributed by atoms with van der Waals surface area (Å²) < 4.78 is 0.599. The highest BCUT2D eigenvalue weighted by atomic mass is 79.9. The Morgan fingerprint density at radius 1 is 1.37 bits per heavy atom. The summed E-state index contributed by atoms with van der Waals surface area (Å²) in [5, 5.41) is 14.0. The predicted molar refractivity (Wildman–Crippen MR) is 78.0 cm³/mol. The number of carbonyl (C=O) groups is 2. The van der Waals surface area contributed by atoms with E-state index < -0.39 is 18.0 Å². The van der Waals surface area contributed by atoms with Crippen molar-refractivity contribution in [3.63, 3.8) is 0 Å². The molecule has 19 heavy (non-hydrogen) atoms. The van der Waals surface area contributed by atoms with Crippen molar-refractivity contribution < 1.29 is 14.7 Å². The van der Waals surface area contributed by atoms with Crippen molar-refractivity contribution in [1.29, 1.82) is 0 Å². The average Bonchev–Trinajstić information content (AvgIpc) is 2.36. The van der Waals surface area contributed by atoms with E-state index in [2.05, 4.69) is 26.6 Å². The number of carbonyl (C=O) groups excluding carboxylic acids is 1. The number of urea groups is 1. The van der Waals surface area contributed by atoms with Crippen molar-refractivity contribution in [1.82, 2.24) is 5.32 Å². The summed E-state index contributed by atoms with van der Waals surface area (Å²) in [6.45, 7) is 1.66. The molecule has 0 radical (unpaired) electrons. The van der Waals surface area contributed by atoms with Gasteiger partial charge in [0.05, 0.1) is 15.7 Å². The molecule has 0 aliphatic heterocycles. The lowest BCUT2D eigenvalue weighted by Crippen LogP contribution is -2.42. The molecule has 0 saturated carbocycles. The van der Waals surface area contributed by atoms with Crippen molar-refractivity contribution in [3.05, 3.63) is 26.7 Å². The zero-order valence-corrected chi connectivity index (χ0v) is 12.9. The van der Waals surface area contributed by atoms with Crippen molar-refractivity contribution in [3.8, 4) is 0 Å². The van der Waals surface area contributed by atoms with Gasteiger partial charge in [-0.1, -0.05) is 30.1 Å². The quantitative estimate of drug-likeness (QED) is 0.707. The second-order valence-electron chi connectivity index (χ2n) is 3.62. The van der Waals surface area contributed by atoms with Crippen LogP contribution in [0.1, 0.15) is 13.3 Å². The number of anilines is 1. The zero-order valence-electron chi connectivity index (χ0n) is 9.84. The van der Waals surface area contributed by atoms with Crippen LogP contribution in [0.15, 0.2) is 16.6 Å². The maximum absolute atomic E-state index is 11.6. The predicted octanol–water partition coefficient (Wildman–Crippen LogP) is 3.74. The number of benzene rings is 1. The highest BCUT2D eigenvalue weighted by Crippen LogP contribution is 2.35. The first kappa shape index (κ1) is 16.1. The number of carboxylic acid groups (broad SMARTS) is 1. The van der Waals surface area contributed by atoms with E-state index in [1.165, 1.54) is 0 Å². The van der Waals surface area contributed by atoms with Gasteiger partial charge in [-0.15, -0.1) is 0 Å². The van der Waals surface area contributed by atoms with Gasteiger partial charge < -0.3 is 15.7 Å². The van der Waals surface area contributed by atoms with E-state index in [0.717, 1.165) is 0 Å². The van der Waals surface area contributed by atoms with Crippen LogP contribution in [0.25, 0.3) is 0 Å². The number of halogens is 3. The first-order valence-electron chi connectivity index (χ1n) is 5.30. The molecule has 3 N–H and O–H groups in total. The van der Waals surface area contributed by atoms with Crippen LogP contribution >= 0.6 is 39.1 Å². The highest BCUT2D eigenvalue weighted by Gasteiger charge is 2.18. The number of aliphatic carboxylic acids is 1. The molecule has 1 unspecified atom stereocenters. The fourth-order valence-electron chi connectivity index (χ4n) is 1.28. The highest BCUT2D eigenvalue weighted by molar-refractivity contribution is 9.10. The molecule has 0 aromatic heterocycles. The molecular formula is C11H11BrCl2N2O3. The third-order valence-corrected chi connectivity index (χ3v) is 4.07. The molecule has 0 fully saturated rings. The first-order valence-corrected chi connectivity index (χ1v) is 6.85. The van der Waals surface area contributed by atoms with Crippen LogP contribution in [0.5, 0.6) is 0 Å². The monoisotopic (exact) mass is 368 g/mol. The van der Waals surface area contributed by atoms with Gasteiger partial charge in [-0.05, 0) is 34.5 Å². The van der Waals surface area contributed by atoms with E-state index in [1.54, 1.807) is 19.1 Å². The first-order chi connectivity index (χ1) is 8.86. The molecule has 0 aliphatic rings. The van der Waals surface area contributed by atoms with E-state index in [9.17, 15) is 9.59 Å². The Labute approximate surface area is 128 Å². The summed E-state index contributed by atoms with van der Waals surface area (Å²) in [6, 6.07) is 1.57. The summed E-state index contributed by atoms with van der Waals surface area (Å²) >= 11 is 15.1. The van der Waals surface area contributed by atoms with E-state index in [4.69, 9.17) is 28.3 Å². The van der Waals surface area contributed by atoms with Crippen LogP contribution in [-0.2, 0) is 4.79 Å². The van der Waals surface area contributed by atoms with Crippen LogP contribution in [0.2, 0.25) is 10.0 Å². The molecule has 1 aromatic carbocycles. The molecule has 0 bridgehead atoms. The van der Waals surface area contributed by atoms with E-state index in [-0.39, 0.29) is 16.5 Å². The third kappa shape index (κ3) is 4.26. The minimum atomic E-state index is -1.10. The standard InChI is InChI=1S/C11H11BrCl2N2O3/c1-2-6(10(17)18)15-11(19)16-7-4-3-5(12)8(13)9(7)14/h3-4,6H,2H2,1H3,(H,17,18)(H2,15,16,19). The molecule has 104 valence electrons. The van der Waals surface area contributed by atoms with Crippen molar-refractivity contribution >= 4 is 56.8 Å². The van der Waals surface area contributed by atoms with E-state index >= 15 is 0 Å². The molecule has 2 amide bonds. The average molecular weight is 370 g/mol. The van der Waals surface area contributed by atoms with Gasteiger partial charge in [0.15, 0.2) is 0 Å². The normalized spacial score (nSPS) is 11.8. The number of amides is 2. The van der Waals surface area contributed by atoms with Gasteiger partial charge in [0.25, 0.3) is 0 Å². The van der Waals surface area contributed by atoms with Crippen LogP contribution < -0.4 is 10.6 Å². The Morgan fingerprint density at radius 2 is 2.00 bits per heavy atom. The van der Waals surface area contributed by atoms with Gasteiger partial charge in [0.1, 0.15) is 6.04 Å². The lowest BCUT2D eigenvalue weighted by Gasteiger charge is -2.14. The lowest BCUT2D eigenvalue weighted by atomic mass is 10.2. The summed E-state index contributed by atoms with van der Waals surface area (Å²) in [5.41, 5.74) is 0.299. The SMILES string of the molecule is CCC(NC(=O)Nc1ccc(Br)c(Cl)c1Cl)C(=O)O. The summed E-state index contributed by atoms with van der Waals surface area (Å²) in [5.74, 6) is -1.10. The van der Waals surface area contributed by atoms with Crippen LogP contribution in [0.4, 0.5) is 10.5 Å². The van der Waals surface area contributed by atoms with Crippen molar-refractivity contribution in [2.75, 3.05) is 5.32 Å². The Balaban J connectivity index is 2.78. The van der Waals surface area contributed by atoms with Gasteiger partial charge >= 0.3 is 12.0 Å². The smallest absolute Gasteiger partial charge is 0.326 e. The van der Waals surface area contributed by atoms with Gasteiger partial charge in [0, 0.05) is 4.47 Å². The Hall–Kier alpha value is -0.980. The maximum atomic E-state index is 11.6. The topological polar surface area (TPSA) is 78.4 Å². The lowest BCUT2D eigenvalue weighted by molar-refractivity contribution is -0.139. The minimum Gasteiger partial charge on any atom is -0.480 e. The number of rotatable bonds is 4. The number of nitrogens with one attached hydrogen (secondary N) is 2. The second-order valence-corrected chi connectivity index (χ2v) is 5.23. The Bertz CT molecular complexity index is 511. The number of carboxylic acids is 1. The van der Waals surface area contributed by atoms with Gasteiger partial charge in [-0.3, -0.25) is 0 Å². The Kier molecular flexibility index (Phi) is 5.90. The van der Waals surface area contributed by atoms with E-state index in [1.807, 2.05) is 0 Å². The largest absolute Gasteiger partial charge is 0.480 e. The van der Waals surface area contributed by atoms with Crippen molar-refractivity contribution in [2.24, 2.45) is 0 Å². The van der Waals surface area contributed by atoms with Crippen LogP contribution in [-0.4, -0.2) is 23.1 Å².